The highest BCUT2D eigenvalue weighted by Crippen LogP contribution is 2.12. The monoisotopic (exact) mass is 203 g/mol. The third-order valence-electron chi connectivity index (χ3n) is 1.88. The molecular weight excluding hydrogens is 186 g/mol. The summed E-state index contributed by atoms with van der Waals surface area (Å²) in [5.74, 6) is -1.05. The summed E-state index contributed by atoms with van der Waals surface area (Å²) in [6, 6.07) is 0. The van der Waals surface area contributed by atoms with Crippen molar-refractivity contribution in [2.24, 2.45) is 0 Å². The Labute approximate surface area is 83.4 Å². The molecule has 0 aromatic heterocycles. The van der Waals surface area contributed by atoms with Crippen LogP contribution in [-0.2, 0) is 9.53 Å². The first kappa shape index (κ1) is 12.7. The van der Waals surface area contributed by atoms with Crippen LogP contribution < -0.4 is 5.32 Å². The van der Waals surface area contributed by atoms with Crippen LogP contribution in [0.1, 0.15) is 33.6 Å². The first-order valence-electron chi connectivity index (χ1n) is 4.64. The van der Waals surface area contributed by atoms with E-state index >= 15 is 0 Å². The molecule has 0 aliphatic heterocycles. The summed E-state index contributed by atoms with van der Waals surface area (Å²) in [7, 11) is 0. The van der Waals surface area contributed by atoms with E-state index in [4.69, 9.17) is 5.11 Å². The zero-order chi connectivity index (χ0) is 11.2. The van der Waals surface area contributed by atoms with E-state index in [0.29, 0.717) is 12.8 Å². The lowest BCUT2D eigenvalue weighted by atomic mass is 9.97. The Morgan fingerprint density at radius 3 is 2.36 bits per heavy atom. The largest absolute Gasteiger partial charge is 0.480 e. The lowest BCUT2D eigenvalue weighted by Gasteiger charge is -2.24. The number of alkyl carbamates (subject to hydrolysis) is 1. The van der Waals surface area contributed by atoms with Crippen molar-refractivity contribution in [1.29, 1.82) is 0 Å². The van der Waals surface area contributed by atoms with Crippen molar-refractivity contribution in [2.75, 3.05) is 6.61 Å². The molecule has 0 aromatic rings. The molecule has 0 radical (unpaired) electrons. The molecule has 2 N–H and O–H groups in total. The second-order valence-corrected chi connectivity index (χ2v) is 3.23. The van der Waals surface area contributed by atoms with Gasteiger partial charge in [-0.1, -0.05) is 13.3 Å². The van der Waals surface area contributed by atoms with Gasteiger partial charge in [0.1, 0.15) is 5.54 Å². The summed E-state index contributed by atoms with van der Waals surface area (Å²) >= 11 is 0. The second-order valence-electron chi connectivity index (χ2n) is 3.23. The molecule has 1 unspecified atom stereocenters. The molecule has 1 amide bonds. The molecule has 0 aliphatic carbocycles. The molecule has 0 saturated carbocycles. The van der Waals surface area contributed by atoms with Crippen molar-refractivity contribution in [2.45, 2.75) is 39.2 Å². The number of aliphatic carboxylic acids is 1. The second kappa shape index (κ2) is 5.47. The third-order valence-corrected chi connectivity index (χ3v) is 1.88. The van der Waals surface area contributed by atoms with Gasteiger partial charge in [-0.25, -0.2) is 9.59 Å². The fraction of sp³-hybridized carbons (Fsp3) is 0.778. The number of carbonyl (C=O) groups is 2. The first-order valence-corrected chi connectivity index (χ1v) is 4.64. The quantitative estimate of drug-likeness (QED) is 0.707. The summed E-state index contributed by atoms with van der Waals surface area (Å²) in [6.45, 7) is 5.22. The maximum atomic E-state index is 11.0. The first-order chi connectivity index (χ1) is 6.46. The fourth-order valence-electron chi connectivity index (χ4n) is 1.12. The van der Waals surface area contributed by atoms with Crippen LogP contribution in [0.25, 0.3) is 0 Å². The maximum absolute atomic E-state index is 11.0. The van der Waals surface area contributed by atoms with Gasteiger partial charge in [0, 0.05) is 0 Å². The molecule has 0 aromatic carbocycles. The van der Waals surface area contributed by atoms with Crippen LogP contribution in [-0.4, -0.2) is 29.3 Å². The molecule has 1 atom stereocenters. The number of nitrogens with one attached hydrogen (secondary N) is 1. The molecule has 0 rings (SSSR count). The van der Waals surface area contributed by atoms with Crippen LogP contribution in [0.5, 0.6) is 0 Å². The van der Waals surface area contributed by atoms with Crippen LogP contribution in [0.2, 0.25) is 0 Å². The van der Waals surface area contributed by atoms with Gasteiger partial charge in [-0.3, -0.25) is 0 Å². The number of ether oxygens (including phenoxy) is 1. The van der Waals surface area contributed by atoms with Crippen molar-refractivity contribution in [3.8, 4) is 0 Å². The van der Waals surface area contributed by atoms with Gasteiger partial charge in [0.05, 0.1) is 6.61 Å². The number of carboxylic acids is 1. The summed E-state index contributed by atoms with van der Waals surface area (Å²) in [6.07, 6.45) is 0.363. The predicted molar refractivity (Wildman–Crippen MR) is 51.1 cm³/mol. The molecule has 82 valence electrons. The van der Waals surface area contributed by atoms with Gasteiger partial charge < -0.3 is 15.2 Å². The van der Waals surface area contributed by atoms with Crippen molar-refractivity contribution in [3.05, 3.63) is 0 Å². The van der Waals surface area contributed by atoms with Gasteiger partial charge in [0.2, 0.25) is 0 Å². The molecule has 0 aliphatic rings. The summed E-state index contributed by atoms with van der Waals surface area (Å²) in [5.41, 5.74) is -1.24. The number of carboxylic acid groups (broad SMARTS) is 1. The molecular formula is C9H17NO4. The smallest absolute Gasteiger partial charge is 0.408 e. The van der Waals surface area contributed by atoms with E-state index < -0.39 is 17.6 Å². The minimum absolute atomic E-state index is 0.230. The van der Waals surface area contributed by atoms with Crippen LogP contribution in [0.3, 0.4) is 0 Å². The van der Waals surface area contributed by atoms with Gasteiger partial charge in [-0.2, -0.15) is 0 Å². The van der Waals surface area contributed by atoms with Gasteiger partial charge in [-0.15, -0.1) is 0 Å². The van der Waals surface area contributed by atoms with Crippen LogP contribution in [0.15, 0.2) is 0 Å². The minimum Gasteiger partial charge on any atom is -0.480 e. The fourth-order valence-corrected chi connectivity index (χ4v) is 1.12. The van der Waals surface area contributed by atoms with E-state index in [1.54, 1.807) is 6.92 Å². The molecule has 0 saturated heterocycles. The van der Waals surface area contributed by atoms with E-state index in [2.05, 4.69) is 10.1 Å². The van der Waals surface area contributed by atoms with E-state index in [0.717, 1.165) is 0 Å². The van der Waals surface area contributed by atoms with E-state index in [1.807, 2.05) is 6.92 Å². The highest BCUT2D eigenvalue weighted by atomic mass is 16.5. The number of rotatable bonds is 5. The van der Waals surface area contributed by atoms with E-state index in [1.165, 1.54) is 6.92 Å². The summed E-state index contributed by atoms with van der Waals surface area (Å²) in [4.78, 5) is 21.9. The van der Waals surface area contributed by atoms with Crippen molar-refractivity contribution >= 4 is 12.1 Å². The highest BCUT2D eigenvalue weighted by Gasteiger charge is 2.34. The molecule has 0 bridgehead atoms. The third kappa shape index (κ3) is 3.64. The lowest BCUT2D eigenvalue weighted by molar-refractivity contribution is -0.144. The van der Waals surface area contributed by atoms with Gasteiger partial charge in [-0.05, 0) is 20.3 Å². The van der Waals surface area contributed by atoms with Crippen molar-refractivity contribution in [1.82, 2.24) is 5.32 Å². The maximum Gasteiger partial charge on any atom is 0.408 e. The Kier molecular flexibility index (Phi) is 4.97. The summed E-state index contributed by atoms with van der Waals surface area (Å²) < 4.78 is 4.62. The minimum atomic E-state index is -1.24. The normalized spacial score (nSPS) is 14.2. The van der Waals surface area contributed by atoms with Crippen LogP contribution >= 0.6 is 0 Å². The van der Waals surface area contributed by atoms with Gasteiger partial charge in [0.15, 0.2) is 0 Å². The molecule has 0 spiro atoms. The Morgan fingerprint density at radius 1 is 1.43 bits per heavy atom. The van der Waals surface area contributed by atoms with Gasteiger partial charge in [0.25, 0.3) is 0 Å². The average molecular weight is 203 g/mol. The number of amides is 1. The number of hydrogen-bond acceptors (Lipinski definition) is 3. The zero-order valence-corrected chi connectivity index (χ0v) is 8.79. The zero-order valence-electron chi connectivity index (χ0n) is 8.79. The topological polar surface area (TPSA) is 75.6 Å². The lowest BCUT2D eigenvalue weighted by Crippen LogP contribution is -2.52. The molecule has 0 fully saturated rings. The number of carbonyl (C=O) groups excluding carboxylic acids is 1. The van der Waals surface area contributed by atoms with Crippen LogP contribution in [0.4, 0.5) is 4.79 Å². The molecule has 0 heterocycles. The number of hydrogen-bond donors (Lipinski definition) is 2. The SMILES string of the molecule is CCCC(C)(NC(=O)OCC)C(=O)O. The van der Waals surface area contributed by atoms with Gasteiger partial charge >= 0.3 is 12.1 Å². The molecule has 5 nitrogen and oxygen atoms in total. The summed E-state index contributed by atoms with van der Waals surface area (Å²) in [5, 5.41) is 11.2. The molecule has 5 heteroatoms. The Balaban J connectivity index is 4.36. The van der Waals surface area contributed by atoms with Crippen molar-refractivity contribution < 1.29 is 19.4 Å². The van der Waals surface area contributed by atoms with Crippen LogP contribution in [0, 0.1) is 0 Å². The van der Waals surface area contributed by atoms with Crippen molar-refractivity contribution in [3.63, 3.8) is 0 Å². The molecule has 14 heavy (non-hydrogen) atoms. The standard InChI is InChI=1S/C9H17NO4/c1-4-6-9(3,7(11)12)10-8(13)14-5-2/h4-6H2,1-3H3,(H,10,13)(H,11,12). The predicted octanol–water partition coefficient (Wildman–Crippen LogP) is 1.38. The Morgan fingerprint density at radius 2 is 2.00 bits per heavy atom. The highest BCUT2D eigenvalue weighted by molar-refractivity contribution is 5.83. The van der Waals surface area contributed by atoms with E-state index in [9.17, 15) is 9.59 Å². The average Bonchev–Trinajstić information content (AvgIpc) is 2.04. The Bertz CT molecular complexity index is 217. The Hall–Kier alpha value is -1.26. The van der Waals surface area contributed by atoms with E-state index in [-0.39, 0.29) is 6.61 Å².